The quantitative estimate of drug-likeness (QED) is 0.910. The van der Waals surface area contributed by atoms with Gasteiger partial charge in [0.2, 0.25) is 0 Å². The second-order valence-corrected chi connectivity index (χ2v) is 5.54. The van der Waals surface area contributed by atoms with E-state index in [1.165, 1.54) is 5.56 Å². The van der Waals surface area contributed by atoms with Gasteiger partial charge in [-0.05, 0) is 36.8 Å². The molecule has 1 saturated heterocycles. The molecule has 1 aliphatic heterocycles. The number of likely N-dealkylation sites (tertiary alicyclic amines) is 1. The monoisotopic (exact) mass is 265 g/mol. The van der Waals surface area contributed by atoms with E-state index in [9.17, 15) is 9.90 Å². The molecule has 98 valence electrons. The molecule has 1 heterocycles. The minimum Gasteiger partial charge on any atom is -0.391 e. The van der Waals surface area contributed by atoms with Crippen LogP contribution in [0.15, 0.2) is 24.3 Å². The van der Waals surface area contributed by atoms with Gasteiger partial charge in [0.15, 0.2) is 0 Å². The number of amides is 1. The SMILES string of the molecule is CSCc1ccc(C(=O)N2CCC[C@H](O)C2)cc1. The van der Waals surface area contributed by atoms with Crippen molar-refractivity contribution >= 4 is 17.7 Å². The lowest BCUT2D eigenvalue weighted by Gasteiger charge is -2.30. The first kappa shape index (κ1) is 13.4. The molecular formula is C14H19NO2S. The number of β-amino-alcohol motifs (C(OH)–C–C–N with tert-alkyl or cyclic N) is 1. The highest BCUT2D eigenvalue weighted by Gasteiger charge is 2.22. The van der Waals surface area contributed by atoms with Crippen molar-refractivity contribution in [1.82, 2.24) is 4.90 Å². The lowest BCUT2D eigenvalue weighted by atomic mass is 10.1. The van der Waals surface area contributed by atoms with E-state index in [1.54, 1.807) is 16.7 Å². The van der Waals surface area contributed by atoms with Gasteiger partial charge in [-0.15, -0.1) is 0 Å². The number of aliphatic hydroxyl groups is 1. The summed E-state index contributed by atoms with van der Waals surface area (Å²) in [6.07, 6.45) is 3.39. The van der Waals surface area contributed by atoms with Crippen molar-refractivity contribution in [3.63, 3.8) is 0 Å². The van der Waals surface area contributed by atoms with Gasteiger partial charge < -0.3 is 10.0 Å². The third-order valence-electron chi connectivity index (χ3n) is 3.20. The number of carbonyl (C=O) groups excluding carboxylic acids is 1. The fraction of sp³-hybridized carbons (Fsp3) is 0.500. The molecule has 0 saturated carbocycles. The smallest absolute Gasteiger partial charge is 0.253 e. The highest BCUT2D eigenvalue weighted by Crippen LogP contribution is 2.15. The Morgan fingerprint density at radius 1 is 1.44 bits per heavy atom. The second kappa shape index (κ2) is 6.25. The van der Waals surface area contributed by atoms with E-state index < -0.39 is 0 Å². The van der Waals surface area contributed by atoms with E-state index in [1.807, 2.05) is 24.3 Å². The Morgan fingerprint density at radius 2 is 2.17 bits per heavy atom. The standard InChI is InChI=1S/C14H19NO2S/c1-18-10-11-4-6-12(7-5-11)14(17)15-8-2-3-13(16)9-15/h4-7,13,16H,2-3,8-10H2,1H3/t13-/m0/s1. The van der Waals surface area contributed by atoms with Crippen molar-refractivity contribution < 1.29 is 9.90 Å². The predicted octanol–water partition coefficient (Wildman–Crippen LogP) is 2.15. The van der Waals surface area contributed by atoms with Crippen LogP contribution >= 0.6 is 11.8 Å². The fourth-order valence-electron chi connectivity index (χ4n) is 2.23. The van der Waals surface area contributed by atoms with Crippen LogP contribution in [0.4, 0.5) is 0 Å². The maximum absolute atomic E-state index is 12.2. The van der Waals surface area contributed by atoms with Crippen LogP contribution < -0.4 is 0 Å². The Morgan fingerprint density at radius 3 is 2.78 bits per heavy atom. The predicted molar refractivity (Wildman–Crippen MR) is 74.8 cm³/mol. The summed E-state index contributed by atoms with van der Waals surface area (Å²) in [6.45, 7) is 1.22. The fourth-order valence-corrected chi connectivity index (χ4v) is 2.76. The van der Waals surface area contributed by atoms with Crippen LogP contribution in [-0.2, 0) is 5.75 Å². The maximum Gasteiger partial charge on any atom is 0.253 e. The number of hydrogen-bond acceptors (Lipinski definition) is 3. The second-order valence-electron chi connectivity index (χ2n) is 4.68. The summed E-state index contributed by atoms with van der Waals surface area (Å²) in [5.74, 6) is 1.00. The van der Waals surface area contributed by atoms with E-state index in [0.717, 1.165) is 25.1 Å². The zero-order valence-corrected chi connectivity index (χ0v) is 11.4. The molecule has 3 nitrogen and oxygen atoms in total. The Hall–Kier alpha value is -1.00. The normalized spacial score (nSPS) is 19.9. The molecule has 1 N–H and O–H groups in total. The van der Waals surface area contributed by atoms with E-state index in [0.29, 0.717) is 12.1 Å². The summed E-state index contributed by atoms with van der Waals surface area (Å²) in [4.78, 5) is 14.0. The molecule has 1 amide bonds. The lowest BCUT2D eigenvalue weighted by Crippen LogP contribution is -2.42. The molecule has 18 heavy (non-hydrogen) atoms. The van der Waals surface area contributed by atoms with Gasteiger partial charge in [0.25, 0.3) is 5.91 Å². The first-order valence-corrected chi connectivity index (χ1v) is 7.65. The third-order valence-corrected chi connectivity index (χ3v) is 3.82. The molecule has 2 rings (SSSR count). The van der Waals surface area contributed by atoms with Crippen LogP contribution in [-0.4, -0.2) is 41.4 Å². The molecular weight excluding hydrogens is 246 g/mol. The minimum atomic E-state index is -0.363. The van der Waals surface area contributed by atoms with Gasteiger partial charge in [0, 0.05) is 24.4 Å². The molecule has 1 aliphatic rings. The maximum atomic E-state index is 12.2. The molecule has 1 aromatic rings. The lowest BCUT2D eigenvalue weighted by molar-refractivity contribution is 0.0474. The molecule has 1 fully saturated rings. The summed E-state index contributed by atoms with van der Waals surface area (Å²) in [6, 6.07) is 7.78. The Balaban J connectivity index is 2.03. The topological polar surface area (TPSA) is 40.5 Å². The number of hydrogen-bond donors (Lipinski definition) is 1. The van der Waals surface area contributed by atoms with E-state index in [2.05, 4.69) is 6.26 Å². The van der Waals surface area contributed by atoms with E-state index >= 15 is 0 Å². The molecule has 0 unspecified atom stereocenters. The molecule has 0 spiro atoms. The number of benzene rings is 1. The van der Waals surface area contributed by atoms with Crippen LogP contribution in [0.2, 0.25) is 0 Å². The molecule has 1 aromatic carbocycles. The summed E-state index contributed by atoms with van der Waals surface area (Å²) in [5, 5.41) is 9.59. The van der Waals surface area contributed by atoms with E-state index in [4.69, 9.17) is 0 Å². The van der Waals surface area contributed by atoms with Crippen LogP contribution in [0.1, 0.15) is 28.8 Å². The summed E-state index contributed by atoms with van der Waals surface area (Å²) < 4.78 is 0. The van der Waals surface area contributed by atoms with Crippen molar-refractivity contribution in [2.24, 2.45) is 0 Å². The van der Waals surface area contributed by atoms with Crippen molar-refractivity contribution in [3.8, 4) is 0 Å². The van der Waals surface area contributed by atoms with Crippen LogP contribution in [0.3, 0.4) is 0 Å². The van der Waals surface area contributed by atoms with Crippen molar-refractivity contribution in [2.45, 2.75) is 24.7 Å². The highest BCUT2D eigenvalue weighted by molar-refractivity contribution is 7.97. The van der Waals surface area contributed by atoms with E-state index in [-0.39, 0.29) is 12.0 Å². The number of nitrogens with zero attached hydrogens (tertiary/aromatic N) is 1. The Labute approximate surface area is 112 Å². The largest absolute Gasteiger partial charge is 0.391 e. The minimum absolute atomic E-state index is 0.0319. The number of piperidine rings is 1. The summed E-state index contributed by atoms with van der Waals surface area (Å²) >= 11 is 1.77. The summed E-state index contributed by atoms with van der Waals surface area (Å²) in [5.41, 5.74) is 1.95. The van der Waals surface area contributed by atoms with Crippen LogP contribution in [0.25, 0.3) is 0 Å². The van der Waals surface area contributed by atoms with Gasteiger partial charge in [-0.2, -0.15) is 11.8 Å². The molecule has 0 aromatic heterocycles. The number of aliphatic hydroxyl groups excluding tert-OH is 1. The molecule has 0 aliphatic carbocycles. The average molecular weight is 265 g/mol. The molecule has 1 atom stereocenters. The number of rotatable bonds is 3. The van der Waals surface area contributed by atoms with Crippen molar-refractivity contribution in [3.05, 3.63) is 35.4 Å². The third kappa shape index (κ3) is 3.27. The zero-order chi connectivity index (χ0) is 13.0. The zero-order valence-electron chi connectivity index (χ0n) is 10.6. The molecule has 0 radical (unpaired) electrons. The Bertz CT molecular complexity index is 405. The Kier molecular flexibility index (Phi) is 4.66. The van der Waals surface area contributed by atoms with Crippen molar-refractivity contribution in [1.29, 1.82) is 0 Å². The van der Waals surface area contributed by atoms with Gasteiger partial charge in [0.05, 0.1) is 6.10 Å². The average Bonchev–Trinajstić information content (AvgIpc) is 2.39. The van der Waals surface area contributed by atoms with Gasteiger partial charge in [-0.25, -0.2) is 0 Å². The first-order valence-electron chi connectivity index (χ1n) is 6.26. The van der Waals surface area contributed by atoms with Gasteiger partial charge >= 0.3 is 0 Å². The highest BCUT2D eigenvalue weighted by atomic mass is 32.2. The van der Waals surface area contributed by atoms with Crippen LogP contribution in [0.5, 0.6) is 0 Å². The van der Waals surface area contributed by atoms with Crippen LogP contribution in [0, 0.1) is 0 Å². The number of thioether (sulfide) groups is 1. The van der Waals surface area contributed by atoms with Crippen molar-refractivity contribution in [2.75, 3.05) is 19.3 Å². The van der Waals surface area contributed by atoms with Gasteiger partial charge in [0.1, 0.15) is 0 Å². The molecule has 4 heteroatoms. The first-order chi connectivity index (χ1) is 8.70. The molecule has 0 bridgehead atoms. The van der Waals surface area contributed by atoms with Gasteiger partial charge in [-0.3, -0.25) is 4.79 Å². The van der Waals surface area contributed by atoms with Gasteiger partial charge in [-0.1, -0.05) is 12.1 Å². The summed E-state index contributed by atoms with van der Waals surface area (Å²) in [7, 11) is 0. The number of carbonyl (C=O) groups is 1.